The Morgan fingerprint density at radius 3 is 2.18 bits per heavy atom. The summed E-state index contributed by atoms with van der Waals surface area (Å²) in [5.74, 6) is 0. The maximum Gasteiger partial charge on any atom is 0.390 e. The van der Waals surface area contributed by atoms with Crippen LogP contribution in [0.4, 0.5) is 13.2 Å². The van der Waals surface area contributed by atoms with E-state index >= 15 is 0 Å². The van der Waals surface area contributed by atoms with E-state index in [-0.39, 0.29) is 12.1 Å². The van der Waals surface area contributed by atoms with E-state index < -0.39 is 12.6 Å². The van der Waals surface area contributed by atoms with E-state index in [1.807, 2.05) is 11.8 Å². The Kier molecular flexibility index (Phi) is 5.25. The summed E-state index contributed by atoms with van der Waals surface area (Å²) < 4.78 is 36.9. The zero-order valence-corrected chi connectivity index (χ0v) is 10.5. The molecule has 0 saturated heterocycles. The van der Waals surface area contributed by atoms with Gasteiger partial charge in [0.1, 0.15) is 0 Å². The highest BCUT2D eigenvalue weighted by atomic mass is 19.4. The monoisotopic (exact) mass is 252 g/mol. The summed E-state index contributed by atoms with van der Waals surface area (Å²) in [7, 11) is 0. The highest BCUT2D eigenvalue weighted by Gasteiger charge is 2.39. The predicted octanol–water partition coefficient (Wildman–Crippen LogP) is 2.92. The lowest BCUT2D eigenvalue weighted by Gasteiger charge is -2.41. The van der Waals surface area contributed by atoms with Gasteiger partial charge in [0.25, 0.3) is 0 Å². The first kappa shape index (κ1) is 14.8. The van der Waals surface area contributed by atoms with E-state index in [2.05, 4.69) is 0 Å². The molecule has 1 rings (SSSR count). The maximum atomic E-state index is 12.3. The number of hydrogen-bond donors (Lipinski definition) is 1. The van der Waals surface area contributed by atoms with Crippen LogP contribution in [0, 0.1) is 0 Å². The summed E-state index contributed by atoms with van der Waals surface area (Å²) in [6.07, 6.45) is 0.143. The Labute approximate surface area is 101 Å². The average molecular weight is 252 g/mol. The van der Waals surface area contributed by atoms with Crippen LogP contribution in [0.3, 0.4) is 0 Å². The van der Waals surface area contributed by atoms with Crippen molar-refractivity contribution in [3.8, 4) is 0 Å². The molecule has 2 nitrogen and oxygen atoms in total. The van der Waals surface area contributed by atoms with Gasteiger partial charge in [0.05, 0.1) is 6.42 Å². The molecule has 1 aliphatic carbocycles. The third-order valence-corrected chi connectivity index (χ3v) is 3.74. The Balaban J connectivity index is 2.63. The number of alkyl halides is 3. The number of nitrogens with two attached hydrogens (primary N) is 1. The fourth-order valence-electron chi connectivity index (χ4n) is 2.80. The SMILES string of the molecule is CCCN(CCC(F)(F)F)C1(CN)CCCC1. The highest BCUT2D eigenvalue weighted by Crippen LogP contribution is 2.35. The molecule has 1 saturated carbocycles. The van der Waals surface area contributed by atoms with Crippen LogP contribution in [0.1, 0.15) is 45.4 Å². The molecule has 1 aliphatic rings. The Bertz CT molecular complexity index is 222. The van der Waals surface area contributed by atoms with Crippen LogP contribution in [0.5, 0.6) is 0 Å². The first-order valence-electron chi connectivity index (χ1n) is 6.45. The van der Waals surface area contributed by atoms with Crippen molar-refractivity contribution in [2.24, 2.45) is 5.73 Å². The minimum absolute atomic E-state index is 0.0918. The smallest absolute Gasteiger partial charge is 0.329 e. The number of hydrogen-bond acceptors (Lipinski definition) is 2. The molecule has 0 heterocycles. The van der Waals surface area contributed by atoms with E-state index in [4.69, 9.17) is 5.73 Å². The minimum Gasteiger partial charge on any atom is -0.329 e. The van der Waals surface area contributed by atoms with Crippen LogP contribution >= 0.6 is 0 Å². The van der Waals surface area contributed by atoms with Crippen molar-refractivity contribution >= 4 is 0 Å². The van der Waals surface area contributed by atoms with E-state index in [9.17, 15) is 13.2 Å². The molecule has 0 radical (unpaired) electrons. The molecule has 0 bridgehead atoms. The third-order valence-electron chi connectivity index (χ3n) is 3.74. The van der Waals surface area contributed by atoms with Gasteiger partial charge in [-0.3, -0.25) is 4.90 Å². The van der Waals surface area contributed by atoms with Gasteiger partial charge in [-0.2, -0.15) is 13.2 Å². The zero-order valence-electron chi connectivity index (χ0n) is 10.5. The second kappa shape index (κ2) is 6.05. The maximum absolute atomic E-state index is 12.3. The van der Waals surface area contributed by atoms with E-state index in [0.29, 0.717) is 13.1 Å². The molecule has 17 heavy (non-hydrogen) atoms. The van der Waals surface area contributed by atoms with E-state index in [1.165, 1.54) is 0 Å². The van der Waals surface area contributed by atoms with Crippen molar-refractivity contribution in [2.45, 2.75) is 57.2 Å². The van der Waals surface area contributed by atoms with Crippen LogP contribution in [0.25, 0.3) is 0 Å². The highest BCUT2D eigenvalue weighted by molar-refractivity contribution is 4.95. The quantitative estimate of drug-likeness (QED) is 0.787. The second-order valence-electron chi connectivity index (χ2n) is 4.99. The molecular weight excluding hydrogens is 229 g/mol. The Morgan fingerprint density at radius 1 is 1.18 bits per heavy atom. The van der Waals surface area contributed by atoms with Crippen molar-refractivity contribution in [1.29, 1.82) is 0 Å². The van der Waals surface area contributed by atoms with Crippen LogP contribution in [0.2, 0.25) is 0 Å². The minimum atomic E-state index is -4.07. The van der Waals surface area contributed by atoms with Gasteiger partial charge in [-0.05, 0) is 25.8 Å². The van der Waals surface area contributed by atoms with Crippen molar-refractivity contribution in [3.05, 3.63) is 0 Å². The molecule has 1 fully saturated rings. The first-order valence-corrected chi connectivity index (χ1v) is 6.45. The van der Waals surface area contributed by atoms with Crippen LogP contribution < -0.4 is 5.73 Å². The van der Waals surface area contributed by atoms with Crippen LogP contribution in [-0.2, 0) is 0 Å². The van der Waals surface area contributed by atoms with E-state index in [1.54, 1.807) is 0 Å². The summed E-state index contributed by atoms with van der Waals surface area (Å²) in [6.45, 7) is 3.28. The van der Waals surface area contributed by atoms with Crippen molar-refractivity contribution < 1.29 is 13.2 Å². The fourth-order valence-corrected chi connectivity index (χ4v) is 2.80. The van der Waals surface area contributed by atoms with Gasteiger partial charge >= 0.3 is 6.18 Å². The number of halogens is 3. The summed E-state index contributed by atoms with van der Waals surface area (Å²) >= 11 is 0. The molecule has 0 aromatic heterocycles. The molecule has 0 aromatic rings. The fraction of sp³-hybridized carbons (Fsp3) is 1.00. The van der Waals surface area contributed by atoms with Gasteiger partial charge in [-0.15, -0.1) is 0 Å². The molecule has 0 aromatic carbocycles. The lowest BCUT2D eigenvalue weighted by atomic mass is 9.94. The average Bonchev–Trinajstić information content (AvgIpc) is 2.72. The van der Waals surface area contributed by atoms with E-state index in [0.717, 1.165) is 32.1 Å². The molecule has 0 amide bonds. The van der Waals surface area contributed by atoms with Gasteiger partial charge in [0.15, 0.2) is 0 Å². The predicted molar refractivity (Wildman–Crippen MR) is 62.8 cm³/mol. The molecule has 0 atom stereocenters. The standard InChI is InChI=1S/C12H23F3N2/c1-2-8-17(9-7-12(13,14)15)11(10-16)5-3-4-6-11/h2-10,16H2,1H3. The van der Waals surface area contributed by atoms with Gasteiger partial charge < -0.3 is 5.73 Å². The number of nitrogens with zero attached hydrogens (tertiary/aromatic N) is 1. The van der Waals surface area contributed by atoms with Gasteiger partial charge in [-0.25, -0.2) is 0 Å². The molecule has 2 N–H and O–H groups in total. The Hall–Kier alpha value is -0.290. The molecule has 0 unspecified atom stereocenters. The third kappa shape index (κ3) is 4.14. The van der Waals surface area contributed by atoms with Gasteiger partial charge in [0, 0.05) is 18.6 Å². The number of rotatable bonds is 6. The van der Waals surface area contributed by atoms with Gasteiger partial charge in [0.2, 0.25) is 0 Å². The first-order chi connectivity index (χ1) is 7.93. The molecular formula is C12H23F3N2. The lowest BCUT2D eigenvalue weighted by molar-refractivity contribution is -0.141. The summed E-state index contributed by atoms with van der Waals surface area (Å²) in [4.78, 5) is 1.98. The summed E-state index contributed by atoms with van der Waals surface area (Å²) in [5, 5.41) is 0. The zero-order chi connectivity index (χ0) is 12.9. The molecule has 0 spiro atoms. The van der Waals surface area contributed by atoms with Crippen molar-refractivity contribution in [2.75, 3.05) is 19.6 Å². The van der Waals surface area contributed by atoms with Crippen LogP contribution in [-0.4, -0.2) is 36.2 Å². The topological polar surface area (TPSA) is 29.3 Å². The normalized spacial score (nSPS) is 20.1. The summed E-state index contributed by atoms with van der Waals surface area (Å²) in [5.41, 5.74) is 5.65. The van der Waals surface area contributed by atoms with Gasteiger partial charge in [-0.1, -0.05) is 19.8 Å². The molecule has 102 valence electrons. The van der Waals surface area contributed by atoms with Crippen LogP contribution in [0.15, 0.2) is 0 Å². The second-order valence-corrected chi connectivity index (χ2v) is 4.99. The lowest BCUT2D eigenvalue weighted by Crippen LogP contribution is -2.53. The summed E-state index contributed by atoms with van der Waals surface area (Å²) in [6, 6.07) is 0. The largest absolute Gasteiger partial charge is 0.390 e. The van der Waals surface area contributed by atoms with Crippen molar-refractivity contribution in [1.82, 2.24) is 4.90 Å². The molecule has 5 heteroatoms. The molecule has 0 aliphatic heterocycles. The van der Waals surface area contributed by atoms with Crippen molar-refractivity contribution in [3.63, 3.8) is 0 Å². The Morgan fingerprint density at radius 2 is 1.76 bits per heavy atom.